The zero-order valence-corrected chi connectivity index (χ0v) is 9.51. The average Bonchev–Trinajstić information content (AvgIpc) is 2.98. The first-order valence-electron chi connectivity index (χ1n) is 5.56. The van der Waals surface area contributed by atoms with Crippen LogP contribution < -0.4 is 5.32 Å². The lowest BCUT2D eigenvalue weighted by atomic mass is 10.2. The third-order valence-corrected chi connectivity index (χ3v) is 2.69. The van der Waals surface area contributed by atoms with Crippen molar-refractivity contribution in [1.29, 1.82) is 0 Å². The van der Waals surface area contributed by atoms with Gasteiger partial charge in [0.05, 0.1) is 11.8 Å². The SMILES string of the molecule is O=C(NCc1ccncc1)c1cc2occc2[nH]1. The van der Waals surface area contributed by atoms with Crippen LogP contribution in [0, 0.1) is 0 Å². The lowest BCUT2D eigenvalue weighted by Gasteiger charge is -2.03. The number of rotatable bonds is 3. The molecule has 0 aromatic carbocycles. The van der Waals surface area contributed by atoms with Gasteiger partial charge in [0.25, 0.3) is 5.91 Å². The minimum atomic E-state index is -0.154. The Morgan fingerprint density at radius 3 is 2.94 bits per heavy atom. The first kappa shape index (κ1) is 10.6. The van der Waals surface area contributed by atoms with E-state index in [0.29, 0.717) is 17.8 Å². The van der Waals surface area contributed by atoms with Crippen molar-refractivity contribution in [3.63, 3.8) is 0 Å². The molecule has 3 rings (SSSR count). The summed E-state index contributed by atoms with van der Waals surface area (Å²) in [7, 11) is 0. The van der Waals surface area contributed by atoms with Crippen molar-refractivity contribution in [1.82, 2.24) is 15.3 Å². The van der Waals surface area contributed by atoms with Crippen molar-refractivity contribution in [2.75, 3.05) is 0 Å². The average molecular weight is 241 g/mol. The molecule has 1 amide bonds. The predicted molar refractivity (Wildman–Crippen MR) is 66.0 cm³/mol. The van der Waals surface area contributed by atoms with E-state index in [0.717, 1.165) is 11.1 Å². The van der Waals surface area contributed by atoms with E-state index in [-0.39, 0.29) is 5.91 Å². The van der Waals surface area contributed by atoms with E-state index in [4.69, 9.17) is 4.42 Å². The van der Waals surface area contributed by atoms with Crippen molar-refractivity contribution in [3.05, 3.63) is 54.2 Å². The van der Waals surface area contributed by atoms with Crippen LogP contribution in [0.25, 0.3) is 11.1 Å². The van der Waals surface area contributed by atoms with Gasteiger partial charge < -0.3 is 14.7 Å². The molecule has 0 radical (unpaired) electrons. The minimum Gasteiger partial charge on any atom is -0.463 e. The van der Waals surface area contributed by atoms with E-state index >= 15 is 0 Å². The summed E-state index contributed by atoms with van der Waals surface area (Å²) in [5.74, 6) is -0.154. The maximum atomic E-state index is 11.9. The molecule has 0 bridgehead atoms. The second kappa shape index (κ2) is 4.37. The fraction of sp³-hybridized carbons (Fsp3) is 0.0769. The van der Waals surface area contributed by atoms with E-state index in [1.807, 2.05) is 12.1 Å². The van der Waals surface area contributed by atoms with Gasteiger partial charge in [-0.2, -0.15) is 0 Å². The Hall–Kier alpha value is -2.56. The van der Waals surface area contributed by atoms with Crippen LogP contribution in [0.3, 0.4) is 0 Å². The van der Waals surface area contributed by atoms with Crippen LogP contribution in [0.5, 0.6) is 0 Å². The Labute approximate surface area is 103 Å². The second-order valence-electron chi connectivity index (χ2n) is 3.92. The van der Waals surface area contributed by atoms with Gasteiger partial charge in [-0.25, -0.2) is 0 Å². The number of nitrogens with zero attached hydrogens (tertiary/aromatic N) is 1. The summed E-state index contributed by atoms with van der Waals surface area (Å²) >= 11 is 0. The van der Waals surface area contributed by atoms with Crippen LogP contribution in [-0.2, 0) is 6.54 Å². The molecule has 3 aromatic heterocycles. The molecule has 0 saturated carbocycles. The number of aromatic nitrogens is 2. The maximum absolute atomic E-state index is 11.9. The molecule has 0 aliphatic rings. The van der Waals surface area contributed by atoms with Gasteiger partial charge in [-0.15, -0.1) is 0 Å². The van der Waals surface area contributed by atoms with E-state index in [2.05, 4.69) is 15.3 Å². The van der Waals surface area contributed by atoms with Gasteiger partial charge in [-0.1, -0.05) is 0 Å². The van der Waals surface area contributed by atoms with Crippen LogP contribution in [-0.4, -0.2) is 15.9 Å². The molecule has 0 unspecified atom stereocenters. The summed E-state index contributed by atoms with van der Waals surface area (Å²) in [6.07, 6.45) is 4.98. The molecule has 2 N–H and O–H groups in total. The molecular formula is C13H11N3O2. The highest BCUT2D eigenvalue weighted by molar-refractivity contribution is 5.96. The molecule has 90 valence electrons. The van der Waals surface area contributed by atoms with E-state index in [1.54, 1.807) is 30.8 Å². The highest BCUT2D eigenvalue weighted by Crippen LogP contribution is 2.15. The Morgan fingerprint density at radius 2 is 2.17 bits per heavy atom. The zero-order valence-electron chi connectivity index (χ0n) is 9.51. The molecule has 18 heavy (non-hydrogen) atoms. The monoisotopic (exact) mass is 241 g/mol. The standard InChI is InChI=1S/C13H11N3O2/c17-13(15-8-9-1-4-14-5-2-9)11-7-12-10(16-11)3-6-18-12/h1-7,16H,8H2,(H,15,17). The summed E-state index contributed by atoms with van der Waals surface area (Å²) in [6.45, 7) is 0.474. The number of furan rings is 1. The summed E-state index contributed by atoms with van der Waals surface area (Å²) in [4.78, 5) is 18.8. The number of amides is 1. The quantitative estimate of drug-likeness (QED) is 0.737. The number of nitrogens with one attached hydrogen (secondary N) is 2. The fourth-order valence-corrected chi connectivity index (χ4v) is 1.75. The van der Waals surface area contributed by atoms with Crippen molar-refractivity contribution >= 4 is 17.0 Å². The van der Waals surface area contributed by atoms with Crippen molar-refractivity contribution < 1.29 is 9.21 Å². The first-order valence-corrected chi connectivity index (χ1v) is 5.56. The number of carbonyl (C=O) groups excluding carboxylic acids is 1. The number of pyridine rings is 1. The lowest BCUT2D eigenvalue weighted by Crippen LogP contribution is -2.23. The molecule has 0 aliphatic carbocycles. The topological polar surface area (TPSA) is 70.9 Å². The third-order valence-electron chi connectivity index (χ3n) is 2.69. The Kier molecular flexibility index (Phi) is 2.57. The van der Waals surface area contributed by atoms with E-state index in [9.17, 15) is 4.79 Å². The zero-order chi connectivity index (χ0) is 12.4. The van der Waals surface area contributed by atoms with Gasteiger partial charge >= 0.3 is 0 Å². The molecule has 3 heterocycles. The second-order valence-corrected chi connectivity index (χ2v) is 3.92. The Balaban J connectivity index is 1.70. The van der Waals surface area contributed by atoms with Gasteiger partial charge in [-0.3, -0.25) is 9.78 Å². The summed E-state index contributed by atoms with van der Waals surface area (Å²) in [5.41, 5.74) is 3.01. The van der Waals surface area contributed by atoms with Crippen LogP contribution in [0.1, 0.15) is 16.1 Å². The number of H-pyrrole nitrogens is 1. The van der Waals surface area contributed by atoms with Crippen LogP contribution in [0.15, 0.2) is 47.3 Å². The molecule has 0 aliphatic heterocycles. The maximum Gasteiger partial charge on any atom is 0.268 e. The van der Waals surface area contributed by atoms with Gasteiger partial charge in [0.1, 0.15) is 5.69 Å². The molecule has 0 spiro atoms. The van der Waals surface area contributed by atoms with Crippen molar-refractivity contribution in [2.24, 2.45) is 0 Å². The number of hydrogen-bond donors (Lipinski definition) is 2. The van der Waals surface area contributed by atoms with Crippen molar-refractivity contribution in [3.8, 4) is 0 Å². The Morgan fingerprint density at radius 1 is 1.33 bits per heavy atom. The van der Waals surface area contributed by atoms with Gasteiger partial charge in [0, 0.05) is 31.1 Å². The van der Waals surface area contributed by atoms with Crippen LogP contribution in [0.4, 0.5) is 0 Å². The van der Waals surface area contributed by atoms with Gasteiger partial charge in [0.15, 0.2) is 5.58 Å². The van der Waals surface area contributed by atoms with Gasteiger partial charge in [0.2, 0.25) is 0 Å². The molecular weight excluding hydrogens is 230 g/mol. The van der Waals surface area contributed by atoms with Crippen LogP contribution >= 0.6 is 0 Å². The Bertz CT molecular complexity index is 641. The number of carbonyl (C=O) groups is 1. The first-order chi connectivity index (χ1) is 8.83. The smallest absolute Gasteiger partial charge is 0.268 e. The summed E-state index contributed by atoms with van der Waals surface area (Å²) in [6, 6.07) is 7.20. The van der Waals surface area contributed by atoms with Gasteiger partial charge in [-0.05, 0) is 17.7 Å². The molecule has 0 fully saturated rings. The number of hydrogen-bond acceptors (Lipinski definition) is 3. The van der Waals surface area contributed by atoms with Crippen LogP contribution in [0.2, 0.25) is 0 Å². The molecule has 5 heteroatoms. The highest BCUT2D eigenvalue weighted by Gasteiger charge is 2.10. The predicted octanol–water partition coefficient (Wildman–Crippen LogP) is 2.09. The minimum absolute atomic E-state index is 0.154. The molecule has 0 atom stereocenters. The van der Waals surface area contributed by atoms with E-state index in [1.165, 1.54) is 0 Å². The third kappa shape index (κ3) is 1.98. The highest BCUT2D eigenvalue weighted by atomic mass is 16.3. The summed E-state index contributed by atoms with van der Waals surface area (Å²) in [5, 5.41) is 2.83. The molecule has 3 aromatic rings. The molecule has 5 nitrogen and oxygen atoms in total. The normalized spacial score (nSPS) is 10.7. The van der Waals surface area contributed by atoms with E-state index < -0.39 is 0 Å². The largest absolute Gasteiger partial charge is 0.463 e. The fourth-order valence-electron chi connectivity index (χ4n) is 1.75. The van der Waals surface area contributed by atoms with Crippen molar-refractivity contribution in [2.45, 2.75) is 6.54 Å². The molecule has 0 saturated heterocycles. The summed E-state index contributed by atoms with van der Waals surface area (Å²) < 4.78 is 5.19. The number of aromatic amines is 1. The number of fused-ring (bicyclic) bond motifs is 1. The lowest BCUT2D eigenvalue weighted by molar-refractivity contribution is 0.0946.